The van der Waals surface area contributed by atoms with Crippen LogP contribution in [0.1, 0.15) is 17.3 Å². The summed E-state index contributed by atoms with van der Waals surface area (Å²) in [4.78, 5) is 32.5. The Balaban J connectivity index is 1.26. The van der Waals surface area contributed by atoms with E-state index in [0.717, 1.165) is 44.8 Å². The number of rotatable bonds is 3. The fourth-order valence-corrected chi connectivity index (χ4v) is 4.65. The number of nitrogens with one attached hydrogen (secondary N) is 3. The van der Waals surface area contributed by atoms with Crippen LogP contribution < -0.4 is 10.1 Å². The van der Waals surface area contributed by atoms with Crippen molar-refractivity contribution in [3.63, 3.8) is 0 Å². The fourth-order valence-electron chi connectivity index (χ4n) is 4.65. The number of para-hydroxylation sites is 1. The smallest absolute Gasteiger partial charge is 0.409 e. The second-order valence-electron chi connectivity index (χ2n) is 8.04. The molecule has 0 aliphatic carbocycles. The molecule has 6 heterocycles. The van der Waals surface area contributed by atoms with Crippen molar-refractivity contribution in [1.82, 2.24) is 34.8 Å². The lowest BCUT2D eigenvalue weighted by Crippen LogP contribution is -2.30. The Bertz CT molecular complexity index is 1680. The second-order valence-corrected chi connectivity index (χ2v) is 8.04. The predicted molar refractivity (Wildman–Crippen MR) is 126 cm³/mol. The number of carbonyl (C=O) groups is 1. The minimum Gasteiger partial charge on any atom is -0.409 e. The molecule has 164 valence electrons. The number of hydrogen-bond acceptors (Lipinski definition) is 5. The number of imidazole rings is 1. The molecule has 1 aliphatic rings. The Morgan fingerprint density at radius 1 is 1.09 bits per heavy atom. The van der Waals surface area contributed by atoms with Crippen LogP contribution in [-0.2, 0) is 0 Å². The number of benzene rings is 1. The zero-order valence-electron chi connectivity index (χ0n) is 17.7. The van der Waals surface area contributed by atoms with Gasteiger partial charge in [-0.3, -0.25) is 4.98 Å². The molecule has 0 radical (unpaired) electrons. The minimum absolute atomic E-state index is 0.368. The molecule has 3 N–H and O–H groups in total. The third-order valence-electron chi connectivity index (χ3n) is 6.12. The summed E-state index contributed by atoms with van der Waals surface area (Å²) in [6.07, 6.45) is 8.30. The first kappa shape index (κ1) is 18.6. The maximum atomic E-state index is 12.9. The highest BCUT2D eigenvalue weighted by Crippen LogP contribution is 2.41. The van der Waals surface area contributed by atoms with E-state index in [1.54, 1.807) is 30.9 Å². The molecule has 7 rings (SSSR count). The SMILES string of the molecule is O=C(NC1c2cccc(-c3nc4ccncc4[nH]3)c2-n2cccc21)Oc1ccnc2[nH]ccc12. The van der Waals surface area contributed by atoms with E-state index in [1.807, 2.05) is 48.7 Å². The van der Waals surface area contributed by atoms with E-state index in [1.165, 1.54) is 0 Å². The monoisotopic (exact) mass is 447 g/mol. The molecule has 0 bridgehead atoms. The van der Waals surface area contributed by atoms with Crippen LogP contribution in [0.4, 0.5) is 4.79 Å². The van der Waals surface area contributed by atoms with Gasteiger partial charge in [-0.25, -0.2) is 14.8 Å². The molecular formula is C25H17N7O2. The molecule has 5 aromatic heterocycles. The molecule has 1 atom stereocenters. The maximum Gasteiger partial charge on any atom is 0.413 e. The van der Waals surface area contributed by atoms with Gasteiger partial charge in [0, 0.05) is 47.7 Å². The molecular weight excluding hydrogens is 430 g/mol. The van der Waals surface area contributed by atoms with Gasteiger partial charge in [-0.1, -0.05) is 12.1 Å². The normalized spacial score (nSPS) is 14.3. The van der Waals surface area contributed by atoms with Gasteiger partial charge in [0.25, 0.3) is 0 Å². The van der Waals surface area contributed by atoms with Crippen molar-refractivity contribution in [3.8, 4) is 22.8 Å². The quantitative estimate of drug-likeness (QED) is 0.370. The molecule has 1 aromatic carbocycles. The number of H-pyrrole nitrogens is 2. The van der Waals surface area contributed by atoms with Crippen LogP contribution in [0.25, 0.3) is 39.1 Å². The third kappa shape index (κ3) is 2.73. The second kappa shape index (κ2) is 7.04. The van der Waals surface area contributed by atoms with Crippen molar-refractivity contribution in [2.75, 3.05) is 0 Å². The molecule has 0 spiro atoms. The molecule has 34 heavy (non-hydrogen) atoms. The lowest BCUT2D eigenvalue weighted by atomic mass is 10.0. The van der Waals surface area contributed by atoms with Gasteiger partial charge in [-0.2, -0.15) is 0 Å². The molecule has 0 saturated carbocycles. The number of ether oxygens (including phenoxy) is 1. The van der Waals surface area contributed by atoms with Gasteiger partial charge in [0.05, 0.1) is 28.3 Å². The number of carbonyl (C=O) groups excluding carboxylic acids is 1. The first-order valence-electron chi connectivity index (χ1n) is 10.8. The van der Waals surface area contributed by atoms with Crippen LogP contribution in [0.5, 0.6) is 5.75 Å². The van der Waals surface area contributed by atoms with Crippen LogP contribution in [0.15, 0.2) is 79.5 Å². The molecule has 1 unspecified atom stereocenters. The van der Waals surface area contributed by atoms with Crippen molar-refractivity contribution in [2.24, 2.45) is 0 Å². The first-order chi connectivity index (χ1) is 16.8. The Hall–Kier alpha value is -4.92. The van der Waals surface area contributed by atoms with Crippen molar-refractivity contribution < 1.29 is 9.53 Å². The van der Waals surface area contributed by atoms with Crippen LogP contribution in [0.2, 0.25) is 0 Å². The Morgan fingerprint density at radius 3 is 3.00 bits per heavy atom. The van der Waals surface area contributed by atoms with Crippen molar-refractivity contribution in [3.05, 3.63) is 90.8 Å². The predicted octanol–water partition coefficient (Wildman–Crippen LogP) is 4.48. The van der Waals surface area contributed by atoms with Crippen molar-refractivity contribution >= 4 is 28.2 Å². The zero-order chi connectivity index (χ0) is 22.6. The van der Waals surface area contributed by atoms with Gasteiger partial charge in [0.15, 0.2) is 0 Å². The van der Waals surface area contributed by atoms with Gasteiger partial charge in [-0.15, -0.1) is 0 Å². The van der Waals surface area contributed by atoms with E-state index in [9.17, 15) is 4.79 Å². The molecule has 6 aromatic rings. The summed E-state index contributed by atoms with van der Waals surface area (Å²) in [7, 11) is 0. The average molecular weight is 447 g/mol. The topological polar surface area (TPSA) is 114 Å². The number of pyridine rings is 2. The molecule has 9 nitrogen and oxygen atoms in total. The first-order valence-corrected chi connectivity index (χ1v) is 10.8. The third-order valence-corrected chi connectivity index (χ3v) is 6.12. The Labute approximate surface area is 192 Å². The highest BCUT2D eigenvalue weighted by molar-refractivity contribution is 5.86. The average Bonchev–Trinajstić information content (AvgIpc) is 3.63. The van der Waals surface area contributed by atoms with Gasteiger partial charge in [0.2, 0.25) is 0 Å². The summed E-state index contributed by atoms with van der Waals surface area (Å²) in [5.74, 6) is 1.19. The van der Waals surface area contributed by atoms with E-state index >= 15 is 0 Å². The largest absolute Gasteiger partial charge is 0.413 e. The maximum absolute atomic E-state index is 12.9. The lowest BCUT2D eigenvalue weighted by Gasteiger charge is -2.15. The lowest BCUT2D eigenvalue weighted by molar-refractivity contribution is 0.198. The van der Waals surface area contributed by atoms with Crippen LogP contribution >= 0.6 is 0 Å². The fraction of sp³-hybridized carbons (Fsp3) is 0.0400. The van der Waals surface area contributed by atoms with Crippen LogP contribution in [0, 0.1) is 0 Å². The molecule has 1 aliphatic heterocycles. The summed E-state index contributed by atoms with van der Waals surface area (Å²) < 4.78 is 7.75. The number of aromatic amines is 2. The van der Waals surface area contributed by atoms with E-state index in [4.69, 9.17) is 9.72 Å². The van der Waals surface area contributed by atoms with E-state index in [-0.39, 0.29) is 6.04 Å². The summed E-state index contributed by atoms with van der Waals surface area (Å²) in [6.45, 7) is 0. The zero-order valence-corrected chi connectivity index (χ0v) is 17.7. The molecule has 1 amide bonds. The van der Waals surface area contributed by atoms with E-state index < -0.39 is 6.09 Å². The number of hydrogen-bond donors (Lipinski definition) is 3. The standard InChI is InChI=1S/C25H17N7O2/c33-25(34-20-8-11-28-23-14(20)6-10-27-23)31-21-15-3-1-4-16(22(15)32-12-2-5-19(21)32)24-29-17-7-9-26-13-18(17)30-24/h1-13,21H,(H,27,28)(H,29,30)(H,31,33). The molecule has 9 heteroatoms. The van der Waals surface area contributed by atoms with Gasteiger partial charge < -0.3 is 24.6 Å². The number of aromatic nitrogens is 6. The number of amides is 1. The van der Waals surface area contributed by atoms with Gasteiger partial charge in [-0.05, 0) is 30.3 Å². The summed E-state index contributed by atoms with van der Waals surface area (Å²) in [5.41, 5.74) is 6.19. The van der Waals surface area contributed by atoms with E-state index in [2.05, 4.69) is 29.8 Å². The van der Waals surface area contributed by atoms with Gasteiger partial charge >= 0.3 is 6.09 Å². The Morgan fingerprint density at radius 2 is 2.06 bits per heavy atom. The van der Waals surface area contributed by atoms with Gasteiger partial charge in [0.1, 0.15) is 23.3 Å². The number of fused-ring (bicyclic) bond motifs is 5. The number of nitrogens with zero attached hydrogens (tertiary/aromatic N) is 4. The minimum atomic E-state index is -0.542. The van der Waals surface area contributed by atoms with E-state index in [0.29, 0.717) is 11.4 Å². The summed E-state index contributed by atoms with van der Waals surface area (Å²) >= 11 is 0. The summed E-state index contributed by atoms with van der Waals surface area (Å²) in [6, 6.07) is 15.0. The van der Waals surface area contributed by atoms with Crippen LogP contribution in [-0.4, -0.2) is 35.6 Å². The van der Waals surface area contributed by atoms with Crippen molar-refractivity contribution in [1.29, 1.82) is 0 Å². The van der Waals surface area contributed by atoms with Crippen LogP contribution in [0.3, 0.4) is 0 Å². The molecule has 0 saturated heterocycles. The highest BCUT2D eigenvalue weighted by Gasteiger charge is 2.33. The summed E-state index contributed by atoms with van der Waals surface area (Å²) in [5, 5.41) is 3.78. The highest BCUT2D eigenvalue weighted by atomic mass is 16.6. The Kier molecular flexibility index (Phi) is 3.86. The van der Waals surface area contributed by atoms with Crippen molar-refractivity contribution in [2.45, 2.75) is 6.04 Å². The molecule has 0 fully saturated rings.